The Kier molecular flexibility index (Phi) is 2.57. The van der Waals surface area contributed by atoms with Crippen LogP contribution in [0.15, 0.2) is 0 Å². The smallest absolute Gasteiger partial charge is 0.307 e. The van der Waals surface area contributed by atoms with Crippen molar-refractivity contribution >= 4 is 17.8 Å². The van der Waals surface area contributed by atoms with Gasteiger partial charge in [-0.05, 0) is 5.41 Å². The van der Waals surface area contributed by atoms with E-state index in [4.69, 9.17) is 5.11 Å². The third-order valence-electron chi connectivity index (χ3n) is 3.43. The molecule has 1 saturated heterocycles. The first kappa shape index (κ1) is 11.8. The highest BCUT2D eigenvalue weighted by atomic mass is 16.7. The van der Waals surface area contributed by atoms with Gasteiger partial charge in [0.2, 0.25) is 5.91 Å². The van der Waals surface area contributed by atoms with E-state index in [1.54, 1.807) is 13.8 Å². The molecule has 2 unspecified atom stereocenters. The lowest BCUT2D eigenvalue weighted by atomic mass is 10.1. The van der Waals surface area contributed by atoms with Crippen LogP contribution in [0.1, 0.15) is 13.8 Å². The minimum atomic E-state index is -0.984. The molecular formula is C10H14N2O5. The maximum Gasteiger partial charge on any atom is 0.307 e. The lowest BCUT2D eigenvalue weighted by Gasteiger charge is -2.08. The number of carbonyl (C=O) groups is 3. The molecule has 0 aromatic rings. The molecule has 2 amide bonds. The van der Waals surface area contributed by atoms with Crippen molar-refractivity contribution in [2.24, 2.45) is 17.3 Å². The molecule has 0 spiro atoms. The van der Waals surface area contributed by atoms with E-state index in [0.717, 1.165) is 0 Å². The molecule has 3 atom stereocenters. The van der Waals surface area contributed by atoms with E-state index in [0.29, 0.717) is 0 Å². The van der Waals surface area contributed by atoms with E-state index >= 15 is 0 Å². The Morgan fingerprint density at radius 3 is 2.53 bits per heavy atom. The van der Waals surface area contributed by atoms with E-state index in [-0.39, 0.29) is 6.61 Å². The van der Waals surface area contributed by atoms with E-state index in [1.165, 1.54) is 0 Å². The summed E-state index contributed by atoms with van der Waals surface area (Å²) in [5.74, 6) is -3.08. The van der Waals surface area contributed by atoms with Crippen molar-refractivity contribution in [1.29, 1.82) is 0 Å². The van der Waals surface area contributed by atoms with Gasteiger partial charge in [0.25, 0.3) is 5.91 Å². The highest BCUT2D eigenvalue weighted by Gasteiger charge is 2.66. The van der Waals surface area contributed by atoms with Gasteiger partial charge in [0.1, 0.15) is 12.6 Å². The number of hydrogen-bond acceptors (Lipinski definition) is 4. The van der Waals surface area contributed by atoms with Crippen LogP contribution >= 0.6 is 0 Å². The van der Waals surface area contributed by atoms with Crippen molar-refractivity contribution in [2.45, 2.75) is 19.9 Å². The number of rotatable bonds is 3. The maximum absolute atomic E-state index is 11.8. The third-order valence-corrected chi connectivity index (χ3v) is 3.43. The molecule has 7 nitrogen and oxygen atoms in total. The number of hydrogen-bond donors (Lipinski definition) is 3. The van der Waals surface area contributed by atoms with E-state index in [9.17, 15) is 14.4 Å². The zero-order valence-electron chi connectivity index (χ0n) is 9.52. The fourth-order valence-electron chi connectivity index (χ4n) is 2.30. The first-order valence-electron chi connectivity index (χ1n) is 5.30. The standard InChI is InChI=1S/C10H14N2O5/c1-10(2)5(6(10)9(15)16)8(14)11-4-3-17-12-7(4)13/h4-6H,3H2,1-2H3,(H,11,14)(H,12,13)(H,15,16)/t4-,5?,6?/m1/s1. The van der Waals surface area contributed by atoms with Gasteiger partial charge in [0.15, 0.2) is 0 Å². The summed E-state index contributed by atoms with van der Waals surface area (Å²) in [5.41, 5.74) is 1.56. The second kappa shape index (κ2) is 3.69. The molecule has 7 heteroatoms. The molecular weight excluding hydrogens is 228 g/mol. The predicted octanol–water partition coefficient (Wildman–Crippen LogP) is -1.11. The van der Waals surface area contributed by atoms with Gasteiger partial charge in [-0.3, -0.25) is 19.2 Å². The molecule has 1 aliphatic heterocycles. The predicted molar refractivity (Wildman–Crippen MR) is 54.4 cm³/mol. The van der Waals surface area contributed by atoms with E-state index < -0.39 is 41.1 Å². The summed E-state index contributed by atoms with van der Waals surface area (Å²) in [6, 6.07) is -0.728. The van der Waals surface area contributed by atoms with Gasteiger partial charge in [-0.2, -0.15) is 0 Å². The number of carboxylic acids is 1. The van der Waals surface area contributed by atoms with Crippen LogP contribution in [0.4, 0.5) is 0 Å². The molecule has 17 heavy (non-hydrogen) atoms. The second-order valence-corrected chi connectivity index (χ2v) is 4.95. The molecule has 0 aromatic heterocycles. The van der Waals surface area contributed by atoms with Gasteiger partial charge >= 0.3 is 5.97 Å². The highest BCUT2D eigenvalue weighted by Crippen LogP contribution is 2.58. The molecule has 2 rings (SSSR count). The summed E-state index contributed by atoms with van der Waals surface area (Å²) < 4.78 is 0. The van der Waals surface area contributed by atoms with Gasteiger partial charge in [-0.15, -0.1) is 0 Å². The lowest BCUT2D eigenvalue weighted by Crippen LogP contribution is -2.43. The molecule has 94 valence electrons. The summed E-state index contributed by atoms with van der Waals surface area (Å²) in [6.07, 6.45) is 0. The lowest BCUT2D eigenvalue weighted by molar-refractivity contribution is -0.140. The Hall–Kier alpha value is -1.63. The van der Waals surface area contributed by atoms with Crippen LogP contribution in [0, 0.1) is 17.3 Å². The number of hydroxylamine groups is 1. The number of nitrogens with one attached hydrogen (secondary N) is 2. The first-order chi connectivity index (χ1) is 7.85. The van der Waals surface area contributed by atoms with Gasteiger partial charge in [-0.25, -0.2) is 5.48 Å². The van der Waals surface area contributed by atoms with Crippen LogP contribution in [0.3, 0.4) is 0 Å². The topological polar surface area (TPSA) is 105 Å². The van der Waals surface area contributed by atoms with E-state index in [2.05, 4.69) is 15.6 Å². The van der Waals surface area contributed by atoms with Crippen LogP contribution in [0.5, 0.6) is 0 Å². The maximum atomic E-state index is 11.8. The van der Waals surface area contributed by atoms with Crippen molar-refractivity contribution in [3.05, 3.63) is 0 Å². The summed E-state index contributed by atoms with van der Waals surface area (Å²) in [7, 11) is 0. The summed E-state index contributed by atoms with van der Waals surface area (Å²) in [4.78, 5) is 38.6. The average molecular weight is 242 g/mol. The fraction of sp³-hybridized carbons (Fsp3) is 0.700. The summed E-state index contributed by atoms with van der Waals surface area (Å²) in [6.45, 7) is 3.51. The SMILES string of the molecule is CC1(C)C(C(=O)O)C1C(=O)N[C@@H]1CONC1=O. The average Bonchev–Trinajstić information content (AvgIpc) is 2.58. The Labute approximate surface area is 97.5 Å². The Bertz CT molecular complexity index is 392. The Morgan fingerprint density at radius 1 is 1.47 bits per heavy atom. The molecule has 0 radical (unpaired) electrons. The molecule has 1 heterocycles. The first-order valence-corrected chi connectivity index (χ1v) is 5.30. The van der Waals surface area contributed by atoms with Crippen LogP contribution in [0.25, 0.3) is 0 Å². The normalized spacial score (nSPS) is 34.0. The Morgan fingerprint density at radius 2 is 2.12 bits per heavy atom. The Balaban J connectivity index is 1.98. The second-order valence-electron chi connectivity index (χ2n) is 4.95. The zero-order valence-corrected chi connectivity index (χ0v) is 9.52. The summed E-state index contributed by atoms with van der Waals surface area (Å²) >= 11 is 0. The van der Waals surface area contributed by atoms with Crippen molar-refractivity contribution in [3.8, 4) is 0 Å². The van der Waals surface area contributed by atoms with Gasteiger partial charge in [0, 0.05) is 0 Å². The number of carbonyl (C=O) groups excluding carboxylic acids is 2. The number of amides is 2. The molecule has 2 aliphatic rings. The van der Waals surface area contributed by atoms with Crippen molar-refractivity contribution < 1.29 is 24.3 Å². The van der Waals surface area contributed by atoms with Crippen LogP contribution in [0.2, 0.25) is 0 Å². The van der Waals surface area contributed by atoms with Crippen molar-refractivity contribution in [3.63, 3.8) is 0 Å². The van der Waals surface area contributed by atoms with Gasteiger partial charge in [-0.1, -0.05) is 13.8 Å². The fourth-order valence-corrected chi connectivity index (χ4v) is 2.30. The monoisotopic (exact) mass is 242 g/mol. The molecule has 2 fully saturated rings. The summed E-state index contributed by atoms with van der Waals surface area (Å²) in [5, 5.41) is 11.4. The van der Waals surface area contributed by atoms with Crippen molar-refractivity contribution in [1.82, 2.24) is 10.8 Å². The molecule has 0 bridgehead atoms. The quantitative estimate of drug-likeness (QED) is 0.582. The molecule has 1 aliphatic carbocycles. The van der Waals surface area contributed by atoms with Crippen LogP contribution in [-0.4, -0.2) is 35.5 Å². The minimum absolute atomic E-state index is 0.0649. The minimum Gasteiger partial charge on any atom is -0.481 e. The van der Waals surface area contributed by atoms with E-state index in [1.807, 2.05) is 0 Å². The van der Waals surface area contributed by atoms with Crippen LogP contribution in [-0.2, 0) is 19.2 Å². The zero-order chi connectivity index (χ0) is 12.8. The number of carboxylic acid groups (broad SMARTS) is 1. The van der Waals surface area contributed by atoms with Gasteiger partial charge in [0.05, 0.1) is 11.8 Å². The molecule has 1 saturated carbocycles. The van der Waals surface area contributed by atoms with Gasteiger partial charge < -0.3 is 10.4 Å². The highest BCUT2D eigenvalue weighted by molar-refractivity contribution is 5.94. The van der Waals surface area contributed by atoms with Crippen molar-refractivity contribution in [2.75, 3.05) is 6.61 Å². The van der Waals surface area contributed by atoms with Crippen LogP contribution < -0.4 is 10.8 Å². The molecule has 3 N–H and O–H groups in total. The number of aliphatic carboxylic acids is 1. The molecule has 0 aromatic carbocycles. The largest absolute Gasteiger partial charge is 0.481 e. The third kappa shape index (κ3) is 1.86.